The zero-order chi connectivity index (χ0) is 14.5. The second-order valence-corrected chi connectivity index (χ2v) is 4.90. The third-order valence-electron chi connectivity index (χ3n) is 2.78. The fraction of sp³-hybridized carbons (Fsp3) is 0.231. The highest BCUT2D eigenvalue weighted by Crippen LogP contribution is 2.22. The van der Waals surface area contributed by atoms with Crippen LogP contribution in [-0.2, 0) is 11.2 Å². The molecule has 3 N–H and O–H groups in total. The van der Waals surface area contributed by atoms with Gasteiger partial charge in [-0.25, -0.2) is 4.79 Å². The van der Waals surface area contributed by atoms with Gasteiger partial charge in [-0.2, -0.15) is 0 Å². The molecule has 3 amide bonds. The lowest BCUT2D eigenvalue weighted by atomic mass is 10.1. The van der Waals surface area contributed by atoms with E-state index in [1.54, 1.807) is 0 Å². The number of imide groups is 1. The summed E-state index contributed by atoms with van der Waals surface area (Å²) in [5.41, 5.74) is 2.04. The highest BCUT2D eigenvalue weighted by molar-refractivity contribution is 6.31. The van der Waals surface area contributed by atoms with Crippen LogP contribution in [0.1, 0.15) is 5.56 Å². The summed E-state index contributed by atoms with van der Waals surface area (Å²) in [6.07, 6.45) is 2.51. The third kappa shape index (κ3) is 3.65. The molecule has 0 saturated heterocycles. The molecule has 0 spiro atoms. The first-order valence-corrected chi connectivity index (χ1v) is 6.90. The van der Waals surface area contributed by atoms with Crippen LogP contribution in [0.4, 0.5) is 4.79 Å². The van der Waals surface area contributed by atoms with Crippen molar-refractivity contribution in [1.82, 2.24) is 15.6 Å². The molecule has 0 radical (unpaired) electrons. The van der Waals surface area contributed by atoms with E-state index in [1.165, 1.54) is 0 Å². The average molecular weight is 314 g/mol. The van der Waals surface area contributed by atoms with Crippen molar-refractivity contribution in [2.45, 2.75) is 6.42 Å². The van der Waals surface area contributed by atoms with Crippen LogP contribution in [0.25, 0.3) is 10.9 Å². The van der Waals surface area contributed by atoms with Crippen LogP contribution in [0.3, 0.4) is 0 Å². The topological polar surface area (TPSA) is 74.0 Å². The smallest absolute Gasteiger partial charge is 0.321 e. The minimum Gasteiger partial charge on any atom is -0.361 e. The highest BCUT2D eigenvalue weighted by atomic mass is 35.5. The number of aromatic amines is 1. The minimum atomic E-state index is -0.548. The predicted molar refractivity (Wildman–Crippen MR) is 79.3 cm³/mol. The van der Waals surface area contributed by atoms with Gasteiger partial charge in [0.25, 0.3) is 0 Å². The third-order valence-corrected chi connectivity index (χ3v) is 3.26. The van der Waals surface area contributed by atoms with Gasteiger partial charge in [-0.1, -0.05) is 11.6 Å². The Morgan fingerprint density at radius 2 is 2.10 bits per heavy atom. The molecule has 0 aliphatic heterocycles. The number of urea groups is 1. The maximum Gasteiger partial charge on any atom is 0.321 e. The van der Waals surface area contributed by atoms with Crippen LogP contribution >= 0.6 is 23.2 Å². The number of halogens is 2. The van der Waals surface area contributed by atoms with Crippen molar-refractivity contribution in [3.05, 3.63) is 35.0 Å². The van der Waals surface area contributed by atoms with Crippen LogP contribution in [-0.4, -0.2) is 29.3 Å². The van der Waals surface area contributed by atoms with E-state index >= 15 is 0 Å². The van der Waals surface area contributed by atoms with Crippen molar-refractivity contribution < 1.29 is 9.59 Å². The molecule has 0 aliphatic carbocycles. The van der Waals surface area contributed by atoms with Crippen LogP contribution in [0.5, 0.6) is 0 Å². The number of fused-ring (bicyclic) bond motifs is 1. The Hall–Kier alpha value is -1.72. The van der Waals surface area contributed by atoms with Crippen molar-refractivity contribution in [3.63, 3.8) is 0 Å². The van der Waals surface area contributed by atoms with Crippen LogP contribution in [0.2, 0.25) is 5.02 Å². The zero-order valence-electron chi connectivity index (χ0n) is 10.5. The first-order valence-electron chi connectivity index (χ1n) is 5.99. The lowest BCUT2D eigenvalue weighted by Crippen LogP contribution is -2.40. The summed E-state index contributed by atoms with van der Waals surface area (Å²) in [6, 6.07) is 5.04. The molecule has 0 aliphatic rings. The molecule has 5 nitrogen and oxygen atoms in total. The molecule has 106 valence electrons. The quantitative estimate of drug-likeness (QED) is 0.758. The summed E-state index contributed by atoms with van der Waals surface area (Å²) in [5, 5.41) is 6.38. The van der Waals surface area contributed by atoms with Crippen LogP contribution in [0.15, 0.2) is 24.4 Å². The lowest BCUT2D eigenvalue weighted by Gasteiger charge is -2.05. The normalized spacial score (nSPS) is 10.5. The largest absolute Gasteiger partial charge is 0.361 e. The van der Waals surface area contributed by atoms with Gasteiger partial charge in [-0.3, -0.25) is 10.1 Å². The number of benzene rings is 1. The minimum absolute atomic E-state index is 0.242. The maximum absolute atomic E-state index is 11.3. The van der Waals surface area contributed by atoms with Crippen LogP contribution in [0, 0.1) is 0 Å². The van der Waals surface area contributed by atoms with Crippen molar-refractivity contribution >= 4 is 46.0 Å². The summed E-state index contributed by atoms with van der Waals surface area (Å²) in [5.74, 6) is -0.767. The molecule has 7 heteroatoms. The molecule has 1 heterocycles. The number of alkyl halides is 1. The fourth-order valence-electron chi connectivity index (χ4n) is 1.87. The van der Waals surface area contributed by atoms with E-state index in [0.717, 1.165) is 16.5 Å². The van der Waals surface area contributed by atoms with E-state index in [-0.39, 0.29) is 5.88 Å². The molecule has 0 atom stereocenters. The summed E-state index contributed by atoms with van der Waals surface area (Å²) in [4.78, 5) is 25.4. The Morgan fingerprint density at radius 3 is 2.85 bits per heavy atom. The molecule has 0 bridgehead atoms. The number of rotatable bonds is 4. The molecule has 0 unspecified atom stereocenters. The number of hydrogen-bond donors (Lipinski definition) is 3. The lowest BCUT2D eigenvalue weighted by molar-refractivity contribution is -0.117. The maximum atomic E-state index is 11.3. The first-order chi connectivity index (χ1) is 9.60. The van der Waals surface area contributed by atoms with E-state index in [9.17, 15) is 9.59 Å². The van der Waals surface area contributed by atoms with Gasteiger partial charge in [0.05, 0.1) is 0 Å². The standard InChI is InChI=1S/C13H13Cl2N3O2/c14-6-12(19)18-13(20)16-4-3-8-7-17-11-2-1-9(15)5-10(8)11/h1-2,5,7,17H,3-4,6H2,(H2,16,18,19,20). The Morgan fingerprint density at radius 1 is 1.30 bits per heavy atom. The molecule has 2 aromatic rings. The number of carbonyl (C=O) groups is 2. The Labute approximate surface area is 125 Å². The second-order valence-electron chi connectivity index (χ2n) is 4.19. The summed E-state index contributed by atoms with van der Waals surface area (Å²) in [7, 11) is 0. The number of amides is 3. The number of hydrogen-bond acceptors (Lipinski definition) is 2. The fourth-order valence-corrected chi connectivity index (χ4v) is 2.11. The first kappa shape index (κ1) is 14.7. The highest BCUT2D eigenvalue weighted by Gasteiger charge is 2.07. The van der Waals surface area contributed by atoms with E-state index in [2.05, 4.69) is 15.6 Å². The zero-order valence-corrected chi connectivity index (χ0v) is 12.0. The molecule has 1 aromatic heterocycles. The molecule has 0 saturated carbocycles. The van der Waals surface area contributed by atoms with Crippen molar-refractivity contribution in [3.8, 4) is 0 Å². The predicted octanol–water partition coefficient (Wildman–Crippen LogP) is 2.43. The van der Waals surface area contributed by atoms with Gasteiger partial charge < -0.3 is 10.3 Å². The Balaban J connectivity index is 1.91. The SMILES string of the molecule is O=C(CCl)NC(=O)NCCc1c[nH]c2ccc(Cl)cc12. The number of aromatic nitrogens is 1. The molecule has 20 heavy (non-hydrogen) atoms. The van der Waals surface area contributed by atoms with Gasteiger partial charge in [0.2, 0.25) is 5.91 Å². The monoisotopic (exact) mass is 313 g/mol. The second kappa shape index (κ2) is 6.63. The van der Waals surface area contributed by atoms with Gasteiger partial charge in [0.15, 0.2) is 0 Å². The summed E-state index contributed by atoms with van der Waals surface area (Å²) in [6.45, 7) is 0.404. The van der Waals surface area contributed by atoms with Gasteiger partial charge in [0.1, 0.15) is 5.88 Å². The number of H-pyrrole nitrogens is 1. The van der Waals surface area contributed by atoms with Crippen molar-refractivity contribution in [1.29, 1.82) is 0 Å². The summed E-state index contributed by atoms with van der Waals surface area (Å²) >= 11 is 11.2. The van der Waals surface area contributed by atoms with Crippen molar-refractivity contribution in [2.75, 3.05) is 12.4 Å². The summed E-state index contributed by atoms with van der Waals surface area (Å²) < 4.78 is 0. The van der Waals surface area contributed by atoms with Gasteiger partial charge >= 0.3 is 6.03 Å². The average Bonchev–Trinajstić information content (AvgIpc) is 2.81. The van der Waals surface area contributed by atoms with Gasteiger partial charge in [0, 0.05) is 28.7 Å². The van der Waals surface area contributed by atoms with Crippen LogP contribution < -0.4 is 10.6 Å². The molecule has 0 fully saturated rings. The number of nitrogens with one attached hydrogen (secondary N) is 3. The number of carbonyl (C=O) groups excluding carboxylic acids is 2. The van der Waals surface area contributed by atoms with E-state index < -0.39 is 11.9 Å². The Kier molecular flexibility index (Phi) is 4.87. The van der Waals surface area contributed by atoms with E-state index in [1.807, 2.05) is 24.4 Å². The van der Waals surface area contributed by atoms with Gasteiger partial charge in [-0.05, 0) is 30.2 Å². The molecular weight excluding hydrogens is 301 g/mol. The van der Waals surface area contributed by atoms with E-state index in [0.29, 0.717) is 18.0 Å². The molecular formula is C13H13Cl2N3O2. The Bertz CT molecular complexity index is 640. The molecule has 2 rings (SSSR count). The van der Waals surface area contributed by atoms with Crippen molar-refractivity contribution in [2.24, 2.45) is 0 Å². The molecule has 1 aromatic carbocycles. The van der Waals surface area contributed by atoms with Gasteiger partial charge in [-0.15, -0.1) is 11.6 Å². The van der Waals surface area contributed by atoms with E-state index in [4.69, 9.17) is 23.2 Å².